The van der Waals surface area contributed by atoms with Crippen molar-refractivity contribution in [3.63, 3.8) is 0 Å². The second-order valence-corrected chi connectivity index (χ2v) is 5.51. The van der Waals surface area contributed by atoms with Crippen molar-refractivity contribution >= 4 is 17.8 Å². The molecule has 7 nitrogen and oxygen atoms in total. The first-order valence-electron chi connectivity index (χ1n) is 6.42. The minimum atomic E-state index is -0.810. The van der Waals surface area contributed by atoms with Gasteiger partial charge in [-0.3, -0.25) is 9.59 Å². The maximum Gasteiger partial charge on any atom is 0.410 e. The number of ether oxygens (including phenoxy) is 3. The van der Waals surface area contributed by atoms with E-state index in [1.54, 1.807) is 20.8 Å². The fraction of sp³-hybridized carbons (Fsp3) is 0.769. The van der Waals surface area contributed by atoms with Crippen LogP contribution in [0.2, 0.25) is 0 Å². The highest BCUT2D eigenvalue weighted by Gasteiger charge is 2.32. The summed E-state index contributed by atoms with van der Waals surface area (Å²) in [7, 11) is 1.21. The van der Waals surface area contributed by atoms with Gasteiger partial charge in [-0.05, 0) is 20.8 Å². The average Bonchev–Trinajstić information content (AvgIpc) is 2.36. The number of carbonyl (C=O) groups is 3. The predicted octanol–water partition coefficient (Wildman–Crippen LogP) is 0.754. The highest BCUT2D eigenvalue weighted by atomic mass is 16.6. The number of amides is 1. The Bertz CT molecular complexity index is 387. The highest BCUT2D eigenvalue weighted by Crippen LogP contribution is 2.14. The van der Waals surface area contributed by atoms with Gasteiger partial charge < -0.3 is 19.1 Å². The van der Waals surface area contributed by atoms with E-state index >= 15 is 0 Å². The Morgan fingerprint density at radius 2 is 1.95 bits per heavy atom. The Kier molecular flexibility index (Phi) is 5.50. The standard InChI is InChI=1S/C13H21NO6/c1-13(2,3)20-12(17)14-5-6-19-10(8-14)9(15)7-11(16)18-4/h10H,5-8H2,1-4H3. The van der Waals surface area contributed by atoms with Gasteiger partial charge in [-0.2, -0.15) is 0 Å². The van der Waals surface area contributed by atoms with Crippen molar-refractivity contribution in [2.45, 2.75) is 38.9 Å². The van der Waals surface area contributed by atoms with Crippen molar-refractivity contribution < 1.29 is 28.6 Å². The molecule has 1 heterocycles. The van der Waals surface area contributed by atoms with E-state index in [-0.39, 0.29) is 19.6 Å². The summed E-state index contributed by atoms with van der Waals surface area (Å²) < 4.78 is 15.0. The summed E-state index contributed by atoms with van der Waals surface area (Å²) >= 11 is 0. The van der Waals surface area contributed by atoms with Gasteiger partial charge in [0.05, 0.1) is 20.3 Å². The summed E-state index contributed by atoms with van der Waals surface area (Å²) in [6.45, 7) is 5.99. The Labute approximate surface area is 118 Å². The summed E-state index contributed by atoms with van der Waals surface area (Å²) in [6.07, 6.45) is -1.66. The summed E-state index contributed by atoms with van der Waals surface area (Å²) in [5.41, 5.74) is -0.596. The lowest BCUT2D eigenvalue weighted by atomic mass is 10.1. The van der Waals surface area contributed by atoms with Crippen LogP contribution in [-0.2, 0) is 23.8 Å². The molecule has 0 aromatic carbocycles. The van der Waals surface area contributed by atoms with Crippen LogP contribution >= 0.6 is 0 Å². The zero-order chi connectivity index (χ0) is 15.3. The van der Waals surface area contributed by atoms with Gasteiger partial charge in [-0.25, -0.2) is 4.79 Å². The van der Waals surface area contributed by atoms with Crippen molar-refractivity contribution in [2.24, 2.45) is 0 Å². The normalized spacial score (nSPS) is 19.4. The predicted molar refractivity (Wildman–Crippen MR) is 69.2 cm³/mol. The number of esters is 1. The molecule has 1 atom stereocenters. The number of Topliss-reactive ketones (excluding diaryl/α,β-unsaturated/α-hetero) is 1. The summed E-state index contributed by atoms with van der Waals surface area (Å²) in [5, 5.41) is 0. The number of hydrogen-bond donors (Lipinski definition) is 0. The average molecular weight is 287 g/mol. The molecule has 1 unspecified atom stereocenters. The number of ketones is 1. The van der Waals surface area contributed by atoms with Gasteiger partial charge in [-0.15, -0.1) is 0 Å². The van der Waals surface area contributed by atoms with Crippen molar-refractivity contribution in [2.75, 3.05) is 26.8 Å². The molecule has 1 saturated heterocycles. The molecule has 1 rings (SSSR count). The monoisotopic (exact) mass is 287 g/mol. The van der Waals surface area contributed by atoms with E-state index < -0.39 is 29.6 Å². The van der Waals surface area contributed by atoms with Crippen LogP contribution in [0.25, 0.3) is 0 Å². The molecule has 0 aliphatic carbocycles. The lowest BCUT2D eigenvalue weighted by Gasteiger charge is -2.33. The van der Waals surface area contributed by atoms with E-state index in [9.17, 15) is 14.4 Å². The topological polar surface area (TPSA) is 82.1 Å². The van der Waals surface area contributed by atoms with E-state index in [0.29, 0.717) is 6.54 Å². The summed E-state index contributed by atoms with van der Waals surface area (Å²) in [5.74, 6) is -1.02. The smallest absolute Gasteiger partial charge is 0.410 e. The van der Waals surface area contributed by atoms with Gasteiger partial charge in [0.15, 0.2) is 5.78 Å². The van der Waals surface area contributed by atoms with Gasteiger partial charge in [0.25, 0.3) is 0 Å². The van der Waals surface area contributed by atoms with Crippen LogP contribution in [-0.4, -0.2) is 61.3 Å². The van der Waals surface area contributed by atoms with Gasteiger partial charge in [0.1, 0.15) is 18.1 Å². The van der Waals surface area contributed by atoms with Gasteiger partial charge >= 0.3 is 12.1 Å². The van der Waals surface area contributed by atoms with E-state index in [1.807, 2.05) is 0 Å². The molecule has 20 heavy (non-hydrogen) atoms. The zero-order valence-corrected chi connectivity index (χ0v) is 12.3. The molecule has 0 aromatic rings. The number of rotatable bonds is 3. The molecule has 0 bridgehead atoms. The van der Waals surface area contributed by atoms with E-state index in [2.05, 4.69) is 4.74 Å². The molecule has 1 aliphatic rings. The first-order valence-corrected chi connectivity index (χ1v) is 6.42. The first kappa shape index (κ1) is 16.4. The summed E-state index contributed by atoms with van der Waals surface area (Å²) in [6, 6.07) is 0. The second kappa shape index (κ2) is 6.69. The van der Waals surface area contributed by atoms with Crippen molar-refractivity contribution in [3.05, 3.63) is 0 Å². The van der Waals surface area contributed by atoms with Crippen LogP contribution in [0.4, 0.5) is 4.79 Å². The third kappa shape index (κ3) is 5.16. The molecule has 1 aliphatic heterocycles. The van der Waals surface area contributed by atoms with Crippen LogP contribution < -0.4 is 0 Å². The van der Waals surface area contributed by atoms with Gasteiger partial charge in [0.2, 0.25) is 0 Å². The summed E-state index contributed by atoms with van der Waals surface area (Å²) in [4.78, 5) is 36.2. The van der Waals surface area contributed by atoms with Gasteiger partial charge in [-0.1, -0.05) is 0 Å². The minimum absolute atomic E-state index is 0.0880. The third-order valence-electron chi connectivity index (χ3n) is 2.62. The number of methoxy groups -OCH3 is 1. The largest absolute Gasteiger partial charge is 0.469 e. The molecule has 114 valence electrons. The lowest BCUT2D eigenvalue weighted by molar-refractivity contribution is -0.148. The molecule has 7 heteroatoms. The maximum absolute atomic E-state index is 11.9. The van der Waals surface area contributed by atoms with E-state index in [0.717, 1.165) is 0 Å². The number of carbonyl (C=O) groups excluding carboxylic acids is 3. The van der Waals surface area contributed by atoms with Crippen molar-refractivity contribution in [3.8, 4) is 0 Å². The number of hydrogen-bond acceptors (Lipinski definition) is 6. The molecule has 0 saturated carbocycles. The Balaban J connectivity index is 2.56. The van der Waals surface area contributed by atoms with Crippen molar-refractivity contribution in [1.29, 1.82) is 0 Å². The first-order chi connectivity index (χ1) is 9.23. The van der Waals surface area contributed by atoms with Crippen LogP contribution in [0.3, 0.4) is 0 Å². The second-order valence-electron chi connectivity index (χ2n) is 5.51. The molecule has 0 spiro atoms. The quantitative estimate of drug-likeness (QED) is 0.563. The molecular weight excluding hydrogens is 266 g/mol. The molecule has 0 aromatic heterocycles. The van der Waals surface area contributed by atoms with Crippen LogP contribution in [0.15, 0.2) is 0 Å². The Morgan fingerprint density at radius 1 is 1.30 bits per heavy atom. The molecular formula is C13H21NO6. The van der Waals surface area contributed by atoms with Gasteiger partial charge in [0, 0.05) is 6.54 Å². The maximum atomic E-state index is 11.9. The van der Waals surface area contributed by atoms with Crippen molar-refractivity contribution in [1.82, 2.24) is 4.90 Å². The molecule has 0 radical (unpaired) electrons. The fourth-order valence-electron chi connectivity index (χ4n) is 1.66. The molecule has 1 amide bonds. The van der Waals surface area contributed by atoms with E-state index in [4.69, 9.17) is 9.47 Å². The molecule has 0 N–H and O–H groups in total. The fourth-order valence-corrected chi connectivity index (χ4v) is 1.66. The lowest BCUT2D eigenvalue weighted by Crippen LogP contribution is -2.50. The van der Waals surface area contributed by atoms with Crippen LogP contribution in [0, 0.1) is 0 Å². The number of nitrogens with zero attached hydrogens (tertiary/aromatic N) is 1. The molecule has 1 fully saturated rings. The third-order valence-corrected chi connectivity index (χ3v) is 2.62. The Hall–Kier alpha value is -1.63. The highest BCUT2D eigenvalue weighted by molar-refractivity contribution is 5.98. The SMILES string of the molecule is COC(=O)CC(=O)C1CN(C(=O)OC(C)(C)C)CCO1. The Morgan fingerprint density at radius 3 is 2.50 bits per heavy atom. The number of morpholine rings is 1. The van der Waals surface area contributed by atoms with Crippen LogP contribution in [0.1, 0.15) is 27.2 Å². The van der Waals surface area contributed by atoms with E-state index in [1.165, 1.54) is 12.0 Å². The minimum Gasteiger partial charge on any atom is -0.469 e. The zero-order valence-electron chi connectivity index (χ0n) is 12.3. The van der Waals surface area contributed by atoms with Crippen LogP contribution in [0.5, 0.6) is 0 Å².